The van der Waals surface area contributed by atoms with Crippen LogP contribution in [0.1, 0.15) is 0 Å². The first-order valence-corrected chi connectivity index (χ1v) is 10.2. The van der Waals surface area contributed by atoms with Crippen molar-refractivity contribution in [1.29, 1.82) is 0 Å². The number of benzene rings is 3. The second-order valence-electron chi connectivity index (χ2n) is 5.62. The number of ether oxygens (including phenoxy) is 2. The molecule has 0 amide bonds. The van der Waals surface area contributed by atoms with E-state index in [1.54, 1.807) is 0 Å². The minimum Gasteiger partial charge on any atom is -0.454 e. The second kappa shape index (κ2) is 8.94. The van der Waals surface area contributed by atoms with Gasteiger partial charge < -0.3 is 20.9 Å². The predicted molar refractivity (Wildman–Crippen MR) is 123 cm³/mol. The Hall–Kier alpha value is -1.11. The average molecular weight is 533 g/mol. The van der Waals surface area contributed by atoms with Gasteiger partial charge in [0.15, 0.2) is 11.5 Å². The lowest BCUT2D eigenvalue weighted by Gasteiger charge is -2.15. The van der Waals surface area contributed by atoms with Gasteiger partial charge in [-0.15, -0.1) is 0 Å². The van der Waals surface area contributed by atoms with Gasteiger partial charge in [-0.2, -0.15) is 0 Å². The molecule has 0 aromatic heterocycles. The highest BCUT2D eigenvalue weighted by Gasteiger charge is 2.18. The zero-order valence-corrected chi connectivity index (χ0v) is 19.3. The van der Waals surface area contributed by atoms with E-state index >= 15 is 0 Å². The summed E-state index contributed by atoms with van der Waals surface area (Å²) in [7, 11) is 0. The number of nitrogen functional groups attached to an aromatic ring is 2. The van der Waals surface area contributed by atoms with Crippen molar-refractivity contribution in [2.75, 3.05) is 11.5 Å². The monoisotopic (exact) mass is 530 g/mol. The molecule has 0 unspecified atom stereocenters. The number of anilines is 2. The molecule has 0 atom stereocenters. The molecule has 0 saturated heterocycles. The summed E-state index contributed by atoms with van der Waals surface area (Å²) in [5, 5.41) is 1.13. The third-order valence-corrected chi connectivity index (χ3v) is 5.77. The van der Waals surface area contributed by atoms with E-state index in [1.807, 2.05) is 0 Å². The lowest BCUT2D eigenvalue weighted by atomic mass is 10.2. The molecule has 0 bridgehead atoms. The quantitative estimate of drug-likeness (QED) is 0.328. The lowest BCUT2D eigenvalue weighted by Crippen LogP contribution is -1.95. The molecule has 0 fully saturated rings. The van der Waals surface area contributed by atoms with Gasteiger partial charge in [-0.05, 0) is 24.3 Å². The van der Waals surface area contributed by atoms with Gasteiger partial charge >= 0.3 is 0 Å². The number of rotatable bonds is 4. The Morgan fingerprint density at radius 1 is 0.517 bits per heavy atom. The van der Waals surface area contributed by atoms with Gasteiger partial charge in [0.2, 0.25) is 0 Å². The van der Waals surface area contributed by atoms with Crippen LogP contribution >= 0.6 is 81.2 Å². The van der Waals surface area contributed by atoms with Crippen LogP contribution in [0.2, 0.25) is 35.2 Å². The maximum Gasteiger partial charge on any atom is 0.166 e. The Bertz CT molecular complexity index is 1040. The van der Waals surface area contributed by atoms with Crippen LogP contribution < -0.4 is 20.9 Å². The zero-order chi connectivity index (χ0) is 21.5. The molecule has 0 heterocycles. The molecule has 0 spiro atoms. The van der Waals surface area contributed by atoms with Gasteiger partial charge in [0.05, 0.1) is 31.5 Å². The summed E-state index contributed by atoms with van der Waals surface area (Å²) < 4.78 is 11.5. The smallest absolute Gasteiger partial charge is 0.166 e. The minimum atomic E-state index is 0.0570. The first-order valence-electron chi connectivity index (χ1n) is 7.60. The van der Waals surface area contributed by atoms with Gasteiger partial charge in [0.25, 0.3) is 0 Å². The first kappa shape index (κ1) is 22.6. The van der Waals surface area contributed by atoms with Crippen molar-refractivity contribution < 1.29 is 9.47 Å². The van der Waals surface area contributed by atoms with Crippen LogP contribution in [0.5, 0.6) is 23.0 Å². The van der Waals surface area contributed by atoms with E-state index in [4.69, 9.17) is 102 Å². The van der Waals surface area contributed by atoms with Crippen molar-refractivity contribution in [2.24, 2.45) is 0 Å². The normalized spacial score (nSPS) is 10.9. The Balaban J connectivity index is 1.99. The maximum atomic E-state index is 6.19. The van der Waals surface area contributed by atoms with Crippen molar-refractivity contribution in [2.45, 2.75) is 0 Å². The maximum absolute atomic E-state index is 6.19. The van der Waals surface area contributed by atoms with Gasteiger partial charge in [-0.3, -0.25) is 0 Å². The van der Waals surface area contributed by atoms with Gasteiger partial charge in [-0.1, -0.05) is 81.2 Å². The van der Waals surface area contributed by atoms with Crippen LogP contribution in [0.4, 0.5) is 11.4 Å². The Kier molecular flexibility index (Phi) is 6.96. The molecule has 4 nitrogen and oxygen atoms in total. The number of nitrogens with two attached hydrogens (primary N) is 2. The minimum absolute atomic E-state index is 0.0570. The van der Waals surface area contributed by atoms with Crippen molar-refractivity contribution in [3.8, 4) is 23.0 Å². The summed E-state index contributed by atoms with van der Waals surface area (Å²) in [6, 6.07) is 7.38. The fourth-order valence-corrected chi connectivity index (χ4v) is 4.15. The summed E-state index contributed by atoms with van der Waals surface area (Å²) in [6.45, 7) is 0. The van der Waals surface area contributed by atoms with E-state index in [9.17, 15) is 0 Å². The molecule has 29 heavy (non-hydrogen) atoms. The van der Waals surface area contributed by atoms with Gasteiger partial charge in [-0.25, -0.2) is 0 Å². The van der Waals surface area contributed by atoms with E-state index in [0.29, 0.717) is 5.02 Å². The Labute approximate surface area is 201 Å². The van der Waals surface area contributed by atoms with E-state index in [1.165, 1.54) is 30.3 Å². The fraction of sp³-hybridized carbons (Fsp3) is 0. The number of hydrogen-bond donors (Lipinski definition) is 2. The lowest BCUT2D eigenvalue weighted by molar-refractivity contribution is 0.461. The van der Waals surface area contributed by atoms with Gasteiger partial charge in [0, 0.05) is 11.1 Å². The van der Waals surface area contributed by atoms with Crippen LogP contribution in [0.15, 0.2) is 30.3 Å². The van der Waals surface area contributed by atoms with Crippen molar-refractivity contribution in [1.82, 2.24) is 0 Å². The number of hydrogen-bond acceptors (Lipinski definition) is 4. The van der Waals surface area contributed by atoms with E-state index < -0.39 is 0 Å². The van der Waals surface area contributed by atoms with Crippen molar-refractivity contribution in [3.05, 3.63) is 65.5 Å². The summed E-state index contributed by atoms with van der Waals surface area (Å²) in [6.07, 6.45) is 0. The summed E-state index contributed by atoms with van der Waals surface area (Å²) in [5.74, 6) is 0.727. The molecule has 152 valence electrons. The topological polar surface area (TPSA) is 70.5 Å². The summed E-state index contributed by atoms with van der Waals surface area (Å²) in [5.41, 5.74) is 11.9. The van der Waals surface area contributed by atoms with Crippen molar-refractivity contribution >= 4 is 92.6 Å². The molecule has 11 heteroatoms. The highest BCUT2D eigenvalue weighted by molar-refractivity contribution is 6.44. The van der Waals surface area contributed by atoms with Crippen molar-refractivity contribution in [3.63, 3.8) is 0 Å². The molecule has 0 aliphatic rings. The largest absolute Gasteiger partial charge is 0.454 e. The summed E-state index contributed by atoms with van der Waals surface area (Å²) in [4.78, 5) is 0. The second-order valence-corrected chi connectivity index (χ2v) is 8.44. The highest BCUT2D eigenvalue weighted by Crippen LogP contribution is 2.46. The Morgan fingerprint density at radius 3 is 1.28 bits per heavy atom. The molecule has 3 aromatic carbocycles. The molecular formula is C18H9Cl7N2O2. The highest BCUT2D eigenvalue weighted by atomic mass is 35.5. The van der Waals surface area contributed by atoms with Crippen LogP contribution in [0.3, 0.4) is 0 Å². The summed E-state index contributed by atoms with van der Waals surface area (Å²) >= 11 is 42.8. The third-order valence-electron chi connectivity index (χ3n) is 3.61. The fourth-order valence-electron chi connectivity index (χ4n) is 2.25. The standard InChI is InChI=1S/C18H9Cl7N2O2/c19-6-1-7(28-17-11(22)4-9(20)15(26)13(17)24)3-8(2-6)29-18-12(23)5-10(21)16(27)14(18)25/h1-5H,26-27H2. The van der Waals surface area contributed by atoms with E-state index in [0.717, 1.165) is 0 Å². The molecule has 0 aliphatic carbocycles. The zero-order valence-electron chi connectivity index (χ0n) is 14.0. The molecule has 4 N–H and O–H groups in total. The van der Waals surface area contributed by atoms with Crippen LogP contribution in [0, 0.1) is 0 Å². The number of halogens is 7. The van der Waals surface area contributed by atoms with E-state index in [2.05, 4.69) is 0 Å². The molecule has 0 radical (unpaired) electrons. The van der Waals surface area contributed by atoms with Crippen LogP contribution in [0.25, 0.3) is 0 Å². The molecular weight excluding hydrogens is 524 g/mol. The van der Waals surface area contributed by atoms with E-state index in [-0.39, 0.29) is 64.5 Å². The molecule has 0 aliphatic heterocycles. The van der Waals surface area contributed by atoms with Crippen LogP contribution in [-0.4, -0.2) is 0 Å². The molecule has 3 rings (SSSR count). The SMILES string of the molecule is Nc1c(Cl)cc(Cl)c(Oc2cc(Cl)cc(Oc3c(Cl)cc(Cl)c(N)c3Cl)c2)c1Cl. The third kappa shape index (κ3) is 4.80. The van der Waals surface area contributed by atoms with Gasteiger partial charge in [0.1, 0.15) is 21.5 Å². The molecule has 3 aromatic rings. The first-order chi connectivity index (χ1) is 13.6. The predicted octanol–water partition coefficient (Wildman–Crippen LogP) is 9.01. The average Bonchev–Trinajstić information content (AvgIpc) is 2.65. The van der Waals surface area contributed by atoms with Crippen LogP contribution in [-0.2, 0) is 0 Å². The molecule has 0 saturated carbocycles. The Morgan fingerprint density at radius 2 is 0.897 bits per heavy atom.